The Morgan fingerprint density at radius 1 is 1.18 bits per heavy atom. The van der Waals surface area contributed by atoms with Crippen LogP contribution in [0, 0.1) is 0 Å². The Bertz CT molecular complexity index is 1020. The molecule has 178 valence electrons. The molecule has 12 heteroatoms. The maximum absolute atomic E-state index is 12.8. The number of ether oxygens (including phenoxy) is 3. The van der Waals surface area contributed by atoms with Gasteiger partial charge in [0.1, 0.15) is 5.75 Å². The first kappa shape index (κ1) is 24.1. The first-order valence-electron chi connectivity index (χ1n) is 9.84. The van der Waals surface area contributed by atoms with Gasteiger partial charge >= 0.3 is 6.36 Å². The summed E-state index contributed by atoms with van der Waals surface area (Å²) in [6.07, 6.45) is -4.60. The fraction of sp³-hybridized carbons (Fsp3) is 0.381. The number of halogens is 3. The molecule has 1 aromatic heterocycles. The minimum atomic E-state index is -4.96. The number of hydrogen-bond acceptors (Lipinski definition) is 7. The van der Waals surface area contributed by atoms with Crippen LogP contribution in [0.15, 0.2) is 36.5 Å². The van der Waals surface area contributed by atoms with Crippen LogP contribution in [0.4, 0.5) is 13.2 Å². The van der Waals surface area contributed by atoms with Gasteiger partial charge in [0.25, 0.3) is 17.7 Å². The van der Waals surface area contributed by atoms with Gasteiger partial charge in [-0.25, -0.2) is 4.98 Å². The smallest absolute Gasteiger partial charge is 0.491 e. The highest BCUT2D eigenvalue weighted by Gasteiger charge is 2.35. The third kappa shape index (κ3) is 5.83. The van der Waals surface area contributed by atoms with E-state index in [2.05, 4.69) is 15.0 Å². The zero-order chi connectivity index (χ0) is 24.2. The van der Waals surface area contributed by atoms with Crippen molar-refractivity contribution in [3.8, 4) is 17.4 Å². The third-order valence-corrected chi connectivity index (χ3v) is 5.02. The Hall–Kier alpha value is -3.54. The number of aliphatic hydroxyl groups is 1. The number of para-hydroxylation sites is 1. The van der Waals surface area contributed by atoms with Gasteiger partial charge in [-0.15, -0.1) is 13.2 Å². The number of nitrogens with zero attached hydrogens (tertiary/aromatic N) is 2. The Labute approximate surface area is 187 Å². The molecule has 2 amide bonds. The highest BCUT2D eigenvalue weighted by molar-refractivity contribution is 5.97. The average molecular weight is 469 g/mol. The lowest BCUT2D eigenvalue weighted by molar-refractivity contribution is -0.274. The fourth-order valence-corrected chi connectivity index (χ4v) is 3.43. The van der Waals surface area contributed by atoms with E-state index in [1.54, 1.807) is 0 Å². The number of likely N-dealkylation sites (tertiary alicyclic amines) is 1. The molecule has 0 unspecified atom stereocenters. The predicted molar refractivity (Wildman–Crippen MR) is 108 cm³/mol. The molecule has 1 aromatic carbocycles. The van der Waals surface area contributed by atoms with Crippen molar-refractivity contribution in [3.05, 3.63) is 47.7 Å². The number of hydrogen-bond donors (Lipinski definition) is 2. The lowest BCUT2D eigenvalue weighted by atomic mass is 10.0. The van der Waals surface area contributed by atoms with Crippen LogP contribution in [0.25, 0.3) is 0 Å². The number of methoxy groups -OCH3 is 2. The summed E-state index contributed by atoms with van der Waals surface area (Å²) in [6, 6.07) is 5.60. The van der Waals surface area contributed by atoms with Gasteiger partial charge in [-0.2, -0.15) is 0 Å². The number of alkyl halides is 3. The number of amides is 2. The summed E-state index contributed by atoms with van der Waals surface area (Å²) in [5.74, 6) is -1.40. The molecule has 33 heavy (non-hydrogen) atoms. The molecule has 2 heterocycles. The van der Waals surface area contributed by atoms with E-state index in [-0.39, 0.29) is 42.3 Å². The van der Waals surface area contributed by atoms with E-state index in [4.69, 9.17) is 9.47 Å². The number of benzene rings is 1. The van der Waals surface area contributed by atoms with Gasteiger partial charge < -0.3 is 29.5 Å². The van der Waals surface area contributed by atoms with E-state index in [0.29, 0.717) is 0 Å². The number of carbonyl (C=O) groups excluding carboxylic acids is 2. The van der Waals surface area contributed by atoms with Gasteiger partial charge in [-0.3, -0.25) is 9.59 Å². The normalized spacial score (nSPS) is 18.4. The van der Waals surface area contributed by atoms with Crippen molar-refractivity contribution >= 4 is 11.8 Å². The molecule has 1 aliphatic rings. The maximum Gasteiger partial charge on any atom is 0.573 e. The quantitative estimate of drug-likeness (QED) is 0.666. The van der Waals surface area contributed by atoms with E-state index in [9.17, 15) is 27.9 Å². The molecule has 0 bridgehead atoms. The summed E-state index contributed by atoms with van der Waals surface area (Å²) in [5, 5.41) is 13.0. The Kier molecular flexibility index (Phi) is 7.26. The van der Waals surface area contributed by atoms with Crippen molar-refractivity contribution in [2.75, 3.05) is 27.3 Å². The second-order valence-corrected chi connectivity index (χ2v) is 7.17. The molecule has 2 atom stereocenters. The molecule has 1 saturated heterocycles. The first-order chi connectivity index (χ1) is 15.6. The molecule has 1 aliphatic heterocycles. The van der Waals surface area contributed by atoms with E-state index >= 15 is 0 Å². The standard InChI is InChI=1S/C21H22F3N3O6/c1-31-17-9-12(10-25-19(17)32-2)20(30)27-8-7-14(15(28)11-27)26-18(29)13-5-3-4-6-16(13)33-21(22,23)24/h3-6,9-10,14-15,28H,7-8,11H2,1-2H3,(H,26,29)/t14-,15-/m0/s1. The molecule has 0 aliphatic carbocycles. The van der Waals surface area contributed by atoms with Crippen LogP contribution >= 0.6 is 0 Å². The van der Waals surface area contributed by atoms with Crippen molar-refractivity contribution in [1.29, 1.82) is 0 Å². The number of aliphatic hydroxyl groups excluding tert-OH is 1. The van der Waals surface area contributed by atoms with E-state index in [1.165, 1.54) is 49.6 Å². The third-order valence-electron chi connectivity index (χ3n) is 5.02. The van der Waals surface area contributed by atoms with Crippen LogP contribution in [0.5, 0.6) is 17.4 Å². The zero-order valence-electron chi connectivity index (χ0n) is 17.8. The number of rotatable bonds is 6. The molecule has 2 aromatic rings. The van der Waals surface area contributed by atoms with Crippen molar-refractivity contribution in [2.45, 2.75) is 24.9 Å². The average Bonchev–Trinajstić information content (AvgIpc) is 2.78. The van der Waals surface area contributed by atoms with Gasteiger partial charge in [0.15, 0.2) is 5.75 Å². The molecule has 2 N–H and O–H groups in total. The van der Waals surface area contributed by atoms with Gasteiger partial charge in [0.05, 0.1) is 37.5 Å². The van der Waals surface area contributed by atoms with Crippen molar-refractivity contribution in [2.24, 2.45) is 0 Å². The number of β-amino-alcohol motifs (C(OH)–C–C–N with tert-alkyl or cyclic N) is 1. The minimum absolute atomic E-state index is 0.0984. The van der Waals surface area contributed by atoms with E-state index < -0.39 is 36.1 Å². The van der Waals surface area contributed by atoms with Crippen LogP contribution in [0.3, 0.4) is 0 Å². The SMILES string of the molecule is COc1cc(C(=O)N2CC[C@H](NC(=O)c3ccccc3OC(F)(F)F)[C@@H](O)C2)cnc1OC. The predicted octanol–water partition coefficient (Wildman–Crippen LogP) is 2.00. The number of carbonyl (C=O) groups is 2. The van der Waals surface area contributed by atoms with Crippen LogP contribution in [0.1, 0.15) is 27.1 Å². The van der Waals surface area contributed by atoms with Crippen LogP contribution < -0.4 is 19.5 Å². The second-order valence-electron chi connectivity index (χ2n) is 7.17. The minimum Gasteiger partial charge on any atom is -0.491 e. The number of nitrogens with one attached hydrogen (secondary N) is 1. The van der Waals surface area contributed by atoms with Crippen LogP contribution in [-0.4, -0.2) is 72.6 Å². The molecule has 9 nitrogen and oxygen atoms in total. The van der Waals surface area contributed by atoms with Crippen molar-refractivity contribution in [1.82, 2.24) is 15.2 Å². The molecule has 0 spiro atoms. The zero-order valence-corrected chi connectivity index (χ0v) is 17.8. The number of pyridine rings is 1. The van der Waals surface area contributed by atoms with Crippen molar-refractivity contribution in [3.63, 3.8) is 0 Å². The maximum atomic E-state index is 12.8. The summed E-state index contributed by atoms with van der Waals surface area (Å²) in [4.78, 5) is 30.8. The van der Waals surface area contributed by atoms with Crippen molar-refractivity contribution < 1.29 is 42.1 Å². The lowest BCUT2D eigenvalue weighted by Crippen LogP contribution is -2.55. The summed E-state index contributed by atoms with van der Waals surface area (Å²) >= 11 is 0. The Morgan fingerprint density at radius 3 is 2.55 bits per heavy atom. The van der Waals surface area contributed by atoms with Crippen LogP contribution in [0.2, 0.25) is 0 Å². The van der Waals surface area contributed by atoms with Gasteiger partial charge in [0, 0.05) is 25.4 Å². The summed E-state index contributed by atoms with van der Waals surface area (Å²) in [7, 11) is 2.82. The summed E-state index contributed by atoms with van der Waals surface area (Å²) in [6.45, 7) is 0.0920. The van der Waals surface area contributed by atoms with Crippen LogP contribution in [-0.2, 0) is 0 Å². The largest absolute Gasteiger partial charge is 0.573 e. The highest BCUT2D eigenvalue weighted by Crippen LogP contribution is 2.27. The topological polar surface area (TPSA) is 110 Å². The molecule has 3 rings (SSSR count). The first-order valence-corrected chi connectivity index (χ1v) is 9.84. The van der Waals surface area contributed by atoms with E-state index in [0.717, 1.165) is 6.07 Å². The highest BCUT2D eigenvalue weighted by atomic mass is 19.4. The Balaban J connectivity index is 1.65. The molecule has 0 saturated carbocycles. The number of piperidine rings is 1. The van der Waals surface area contributed by atoms with E-state index in [1.807, 2.05) is 0 Å². The van der Waals surface area contributed by atoms with Gasteiger partial charge in [-0.1, -0.05) is 12.1 Å². The molecular weight excluding hydrogens is 447 g/mol. The second kappa shape index (κ2) is 9.94. The Morgan fingerprint density at radius 2 is 1.91 bits per heavy atom. The monoisotopic (exact) mass is 469 g/mol. The lowest BCUT2D eigenvalue weighted by Gasteiger charge is -2.36. The molecule has 1 fully saturated rings. The number of aromatic nitrogens is 1. The van der Waals surface area contributed by atoms with Gasteiger partial charge in [-0.05, 0) is 18.6 Å². The molecule has 0 radical (unpaired) electrons. The summed E-state index contributed by atoms with van der Waals surface area (Å²) < 4.78 is 51.9. The fourth-order valence-electron chi connectivity index (χ4n) is 3.43. The van der Waals surface area contributed by atoms with Gasteiger partial charge in [0.2, 0.25) is 0 Å². The summed E-state index contributed by atoms with van der Waals surface area (Å²) in [5.41, 5.74) is -0.0995. The molecular formula is C21H22F3N3O6.